The number of fused-ring (bicyclic) bond motifs is 1. The average Bonchev–Trinajstić information content (AvgIpc) is 3.03. The van der Waals surface area contributed by atoms with Gasteiger partial charge in [-0.2, -0.15) is 0 Å². The molecule has 2 aromatic carbocycles. The molecule has 4 nitrogen and oxygen atoms in total. The Balaban J connectivity index is 1.62. The molecule has 4 rings (SSSR count). The zero-order valence-corrected chi connectivity index (χ0v) is 20.9. The molecular weight excluding hydrogens is 414 g/mol. The molecule has 1 amide bonds. The SMILES string of the molecule is Cc1ccc(N=C2NC(=O)/C(=C/c3ccc4c(c3)C(C)CC(C)(C)N4C(C)C)S2)cc1C. The van der Waals surface area contributed by atoms with Crippen molar-refractivity contribution in [3.05, 3.63) is 63.6 Å². The Hall–Kier alpha value is -2.53. The number of amides is 1. The molecule has 0 spiro atoms. The van der Waals surface area contributed by atoms with Gasteiger partial charge in [-0.25, -0.2) is 4.99 Å². The summed E-state index contributed by atoms with van der Waals surface area (Å²) in [7, 11) is 0. The lowest BCUT2D eigenvalue weighted by Gasteiger charge is -2.50. The van der Waals surface area contributed by atoms with E-state index in [4.69, 9.17) is 0 Å². The highest BCUT2D eigenvalue weighted by Crippen LogP contribution is 2.45. The fourth-order valence-electron chi connectivity index (χ4n) is 5.08. The number of thioether (sulfide) groups is 1. The van der Waals surface area contributed by atoms with E-state index in [0.29, 0.717) is 22.0 Å². The Morgan fingerprint density at radius 3 is 2.59 bits per heavy atom. The van der Waals surface area contributed by atoms with Crippen molar-refractivity contribution in [3.8, 4) is 0 Å². The predicted molar refractivity (Wildman–Crippen MR) is 138 cm³/mol. The maximum absolute atomic E-state index is 12.6. The first-order valence-electron chi connectivity index (χ1n) is 11.4. The van der Waals surface area contributed by atoms with Crippen LogP contribution in [0.1, 0.15) is 69.2 Å². The van der Waals surface area contributed by atoms with Crippen LogP contribution < -0.4 is 10.2 Å². The van der Waals surface area contributed by atoms with E-state index in [1.54, 1.807) is 0 Å². The fraction of sp³-hybridized carbons (Fsp3) is 0.407. The van der Waals surface area contributed by atoms with Gasteiger partial charge >= 0.3 is 0 Å². The Kier molecular flexibility index (Phi) is 5.97. The number of hydrogen-bond donors (Lipinski definition) is 1. The van der Waals surface area contributed by atoms with E-state index in [2.05, 4.69) is 87.9 Å². The molecule has 1 N–H and O–H groups in total. The van der Waals surface area contributed by atoms with Gasteiger partial charge in [-0.15, -0.1) is 0 Å². The average molecular weight is 448 g/mol. The first kappa shape index (κ1) is 22.7. The first-order chi connectivity index (χ1) is 15.0. The van der Waals surface area contributed by atoms with E-state index in [-0.39, 0.29) is 11.4 Å². The van der Waals surface area contributed by atoms with Gasteiger partial charge in [-0.1, -0.05) is 19.1 Å². The Morgan fingerprint density at radius 1 is 1.16 bits per heavy atom. The topological polar surface area (TPSA) is 44.7 Å². The van der Waals surface area contributed by atoms with Gasteiger partial charge in [0.2, 0.25) is 0 Å². The summed E-state index contributed by atoms with van der Waals surface area (Å²) in [6, 6.07) is 13.1. The number of benzene rings is 2. The third kappa shape index (κ3) is 4.36. The van der Waals surface area contributed by atoms with Crippen molar-refractivity contribution in [2.45, 2.75) is 72.4 Å². The molecule has 1 atom stereocenters. The summed E-state index contributed by atoms with van der Waals surface area (Å²) in [5.41, 5.74) is 7.14. The number of hydrogen-bond acceptors (Lipinski definition) is 4. The lowest BCUT2D eigenvalue weighted by molar-refractivity contribution is -0.115. The minimum Gasteiger partial charge on any atom is -0.364 e. The standard InChI is InChI=1S/C27H33N3OS/c1-16(2)30-23-11-9-20(13-22(23)19(5)15-27(30,6)7)14-24-25(31)29-26(32-24)28-21-10-8-17(3)18(4)12-21/h8-14,16,19H,15H2,1-7H3,(H,28,29,31)/b24-14-. The van der Waals surface area contributed by atoms with E-state index < -0.39 is 0 Å². The molecule has 2 aliphatic heterocycles. The van der Waals surface area contributed by atoms with Crippen molar-refractivity contribution in [2.24, 2.45) is 4.99 Å². The van der Waals surface area contributed by atoms with Gasteiger partial charge in [-0.3, -0.25) is 4.79 Å². The van der Waals surface area contributed by atoms with Crippen molar-refractivity contribution in [3.63, 3.8) is 0 Å². The second kappa shape index (κ2) is 8.43. The largest absolute Gasteiger partial charge is 0.364 e. The fourth-order valence-corrected chi connectivity index (χ4v) is 5.92. The maximum Gasteiger partial charge on any atom is 0.264 e. The summed E-state index contributed by atoms with van der Waals surface area (Å²) in [6.07, 6.45) is 3.09. The Labute approximate surface area is 196 Å². The van der Waals surface area contributed by atoms with Crippen LogP contribution in [0.2, 0.25) is 0 Å². The summed E-state index contributed by atoms with van der Waals surface area (Å²) in [5, 5.41) is 3.54. The van der Waals surface area contributed by atoms with E-state index in [1.807, 2.05) is 18.2 Å². The second-order valence-corrected chi connectivity index (χ2v) is 11.0. The number of carbonyl (C=O) groups is 1. The number of aryl methyl sites for hydroxylation is 2. The number of nitrogens with one attached hydrogen (secondary N) is 1. The summed E-state index contributed by atoms with van der Waals surface area (Å²) < 4.78 is 0. The number of nitrogens with zero attached hydrogens (tertiary/aromatic N) is 2. The highest BCUT2D eigenvalue weighted by molar-refractivity contribution is 8.18. The summed E-state index contributed by atoms with van der Waals surface area (Å²) in [6.45, 7) is 15.6. The third-order valence-corrected chi connectivity index (χ3v) is 7.40. The molecule has 1 saturated heterocycles. The third-order valence-electron chi connectivity index (χ3n) is 6.49. The van der Waals surface area contributed by atoms with Crippen molar-refractivity contribution < 1.29 is 4.79 Å². The van der Waals surface area contributed by atoms with Crippen molar-refractivity contribution in [1.82, 2.24) is 5.32 Å². The molecule has 2 heterocycles. The van der Waals surface area contributed by atoms with Crippen molar-refractivity contribution >= 4 is 40.3 Å². The van der Waals surface area contributed by atoms with Crippen LogP contribution in [0.5, 0.6) is 0 Å². The van der Waals surface area contributed by atoms with Gasteiger partial charge < -0.3 is 10.2 Å². The quantitative estimate of drug-likeness (QED) is 0.533. The highest BCUT2D eigenvalue weighted by atomic mass is 32.2. The smallest absolute Gasteiger partial charge is 0.264 e. The molecule has 0 bridgehead atoms. The summed E-state index contributed by atoms with van der Waals surface area (Å²) >= 11 is 1.40. The molecule has 168 valence electrons. The van der Waals surface area contributed by atoms with Crippen molar-refractivity contribution in [1.29, 1.82) is 0 Å². The minimum absolute atomic E-state index is 0.0895. The summed E-state index contributed by atoms with van der Waals surface area (Å²) in [5.74, 6) is 0.383. The van der Waals surface area contributed by atoms with E-state index in [9.17, 15) is 4.79 Å². The number of rotatable bonds is 3. The molecule has 5 heteroatoms. The molecule has 0 saturated carbocycles. The van der Waals surface area contributed by atoms with E-state index >= 15 is 0 Å². The zero-order valence-electron chi connectivity index (χ0n) is 20.1. The number of anilines is 1. The van der Waals surface area contributed by atoms with Gasteiger partial charge in [0.1, 0.15) is 0 Å². The lowest BCUT2D eigenvalue weighted by atomic mass is 9.79. The minimum atomic E-state index is -0.0895. The molecular formula is C27H33N3OS. The number of aliphatic imine (C=N–C) groups is 1. The van der Waals surface area contributed by atoms with Crippen LogP contribution in [0, 0.1) is 13.8 Å². The van der Waals surface area contributed by atoms with Crippen molar-refractivity contribution in [2.75, 3.05) is 4.90 Å². The van der Waals surface area contributed by atoms with Gasteiger partial charge in [0.25, 0.3) is 5.91 Å². The van der Waals surface area contributed by atoms with Gasteiger partial charge in [0.05, 0.1) is 10.6 Å². The zero-order chi connectivity index (χ0) is 23.2. The molecule has 0 aromatic heterocycles. The van der Waals surface area contributed by atoms with Crippen LogP contribution in [0.15, 0.2) is 46.3 Å². The van der Waals surface area contributed by atoms with Crippen LogP contribution in [-0.4, -0.2) is 22.7 Å². The van der Waals surface area contributed by atoms with E-state index in [1.165, 1.54) is 34.1 Å². The molecule has 2 aromatic rings. The molecule has 32 heavy (non-hydrogen) atoms. The number of amidine groups is 1. The first-order valence-corrected chi connectivity index (χ1v) is 12.2. The second-order valence-electron chi connectivity index (χ2n) is 9.95. The molecule has 2 aliphatic rings. The Morgan fingerprint density at radius 2 is 1.91 bits per heavy atom. The molecule has 0 radical (unpaired) electrons. The van der Waals surface area contributed by atoms with E-state index in [0.717, 1.165) is 17.7 Å². The molecule has 1 fully saturated rings. The normalized spacial score (nSPS) is 22.6. The van der Waals surface area contributed by atoms with Gasteiger partial charge in [-0.05, 0) is 118 Å². The van der Waals surface area contributed by atoms with Gasteiger partial charge in [0, 0.05) is 17.3 Å². The molecule has 0 aliphatic carbocycles. The maximum atomic E-state index is 12.6. The van der Waals surface area contributed by atoms with Crippen LogP contribution in [-0.2, 0) is 4.79 Å². The summed E-state index contributed by atoms with van der Waals surface area (Å²) in [4.78, 5) is 20.4. The van der Waals surface area contributed by atoms with Crippen LogP contribution >= 0.6 is 11.8 Å². The Bertz CT molecular complexity index is 1130. The van der Waals surface area contributed by atoms with Crippen LogP contribution in [0.25, 0.3) is 6.08 Å². The number of carbonyl (C=O) groups excluding carboxylic acids is 1. The monoisotopic (exact) mass is 447 g/mol. The van der Waals surface area contributed by atoms with Crippen LogP contribution in [0.3, 0.4) is 0 Å². The predicted octanol–water partition coefficient (Wildman–Crippen LogP) is 6.70. The van der Waals surface area contributed by atoms with Crippen LogP contribution in [0.4, 0.5) is 11.4 Å². The molecule has 1 unspecified atom stereocenters. The highest BCUT2D eigenvalue weighted by Gasteiger charge is 2.37. The van der Waals surface area contributed by atoms with Gasteiger partial charge in [0.15, 0.2) is 5.17 Å². The lowest BCUT2D eigenvalue weighted by Crippen LogP contribution is -2.51.